The molecule has 2 amide bonds. The van der Waals surface area contributed by atoms with Gasteiger partial charge in [0.2, 0.25) is 11.8 Å². The zero-order valence-corrected chi connectivity index (χ0v) is 15.0. The van der Waals surface area contributed by atoms with E-state index in [2.05, 4.69) is 5.32 Å². The highest BCUT2D eigenvalue weighted by molar-refractivity contribution is 6.30. The van der Waals surface area contributed by atoms with Gasteiger partial charge in [-0.15, -0.1) is 0 Å². The number of anilines is 1. The number of carbonyl (C=O) groups excluding carboxylic acids is 2. The second kappa shape index (κ2) is 8.32. The number of piperidine rings is 1. The molecule has 2 aromatic rings. The summed E-state index contributed by atoms with van der Waals surface area (Å²) < 4.78 is 13.7. The first-order valence-corrected chi connectivity index (χ1v) is 8.98. The normalized spacial score (nSPS) is 14.9. The molecule has 1 aliphatic heterocycles. The molecule has 0 atom stereocenters. The van der Waals surface area contributed by atoms with Gasteiger partial charge < -0.3 is 10.2 Å². The van der Waals surface area contributed by atoms with E-state index in [-0.39, 0.29) is 30.0 Å². The summed E-state index contributed by atoms with van der Waals surface area (Å²) in [6, 6.07) is 13.3. The second-order valence-electron chi connectivity index (χ2n) is 6.42. The van der Waals surface area contributed by atoms with E-state index in [4.69, 9.17) is 11.6 Å². The van der Waals surface area contributed by atoms with Crippen molar-refractivity contribution in [3.05, 3.63) is 64.9 Å². The van der Waals surface area contributed by atoms with Crippen molar-refractivity contribution in [3.8, 4) is 0 Å². The molecule has 3 rings (SSSR count). The first-order valence-electron chi connectivity index (χ1n) is 8.60. The first-order chi connectivity index (χ1) is 12.5. The predicted molar refractivity (Wildman–Crippen MR) is 99.5 cm³/mol. The zero-order valence-electron chi connectivity index (χ0n) is 14.3. The Labute approximate surface area is 157 Å². The number of hydrogen-bond acceptors (Lipinski definition) is 2. The molecule has 1 fully saturated rings. The summed E-state index contributed by atoms with van der Waals surface area (Å²) in [5, 5.41) is 3.43. The molecule has 0 spiro atoms. The quantitative estimate of drug-likeness (QED) is 0.882. The van der Waals surface area contributed by atoms with Crippen molar-refractivity contribution in [1.29, 1.82) is 0 Å². The second-order valence-corrected chi connectivity index (χ2v) is 6.86. The average Bonchev–Trinajstić information content (AvgIpc) is 2.64. The molecule has 136 valence electrons. The van der Waals surface area contributed by atoms with Crippen LogP contribution in [-0.2, 0) is 16.0 Å². The third kappa shape index (κ3) is 4.61. The Hall–Kier alpha value is -2.40. The largest absolute Gasteiger partial charge is 0.342 e. The van der Waals surface area contributed by atoms with Gasteiger partial charge in [0.15, 0.2) is 0 Å². The van der Waals surface area contributed by atoms with E-state index >= 15 is 0 Å². The monoisotopic (exact) mass is 374 g/mol. The first kappa shape index (κ1) is 18.4. The van der Waals surface area contributed by atoms with Gasteiger partial charge in [-0.2, -0.15) is 0 Å². The third-order valence-electron chi connectivity index (χ3n) is 4.61. The molecule has 0 unspecified atom stereocenters. The van der Waals surface area contributed by atoms with Crippen LogP contribution in [-0.4, -0.2) is 29.8 Å². The molecule has 0 saturated carbocycles. The maximum Gasteiger partial charge on any atom is 0.227 e. The highest BCUT2D eigenvalue weighted by Crippen LogP contribution is 2.22. The fourth-order valence-corrected chi connectivity index (χ4v) is 3.31. The van der Waals surface area contributed by atoms with Crippen molar-refractivity contribution in [2.45, 2.75) is 19.3 Å². The van der Waals surface area contributed by atoms with Crippen LogP contribution >= 0.6 is 11.6 Å². The Morgan fingerprint density at radius 3 is 2.54 bits per heavy atom. The smallest absolute Gasteiger partial charge is 0.227 e. The summed E-state index contributed by atoms with van der Waals surface area (Å²) in [4.78, 5) is 26.5. The lowest BCUT2D eigenvalue weighted by Crippen LogP contribution is -2.42. The van der Waals surface area contributed by atoms with Crippen molar-refractivity contribution in [2.75, 3.05) is 18.4 Å². The molecule has 6 heteroatoms. The van der Waals surface area contributed by atoms with Gasteiger partial charge in [0.25, 0.3) is 0 Å². The molecular formula is C20H20ClFN2O2. The van der Waals surface area contributed by atoms with Crippen LogP contribution in [0.4, 0.5) is 10.1 Å². The summed E-state index contributed by atoms with van der Waals surface area (Å²) in [5.74, 6) is -0.680. The topological polar surface area (TPSA) is 49.4 Å². The van der Waals surface area contributed by atoms with Gasteiger partial charge in [0.05, 0.1) is 6.42 Å². The van der Waals surface area contributed by atoms with Crippen molar-refractivity contribution in [1.82, 2.24) is 4.90 Å². The molecule has 0 radical (unpaired) electrons. The number of likely N-dealkylation sites (tertiary alicyclic amines) is 1. The van der Waals surface area contributed by atoms with Crippen molar-refractivity contribution in [3.63, 3.8) is 0 Å². The van der Waals surface area contributed by atoms with Gasteiger partial charge in [-0.3, -0.25) is 9.59 Å². The van der Waals surface area contributed by atoms with Crippen LogP contribution in [0.1, 0.15) is 18.4 Å². The van der Waals surface area contributed by atoms with Crippen LogP contribution in [0.25, 0.3) is 0 Å². The maximum absolute atomic E-state index is 13.7. The van der Waals surface area contributed by atoms with Crippen molar-refractivity contribution in [2.24, 2.45) is 5.92 Å². The fourth-order valence-electron chi connectivity index (χ4n) is 3.12. The summed E-state index contributed by atoms with van der Waals surface area (Å²) >= 11 is 5.92. The number of nitrogens with zero attached hydrogens (tertiary/aromatic N) is 1. The summed E-state index contributed by atoms with van der Waals surface area (Å²) in [6.45, 7) is 1.00. The van der Waals surface area contributed by atoms with E-state index in [1.54, 1.807) is 47.4 Å². The van der Waals surface area contributed by atoms with Gasteiger partial charge >= 0.3 is 0 Å². The minimum absolute atomic E-state index is 0.0477. The lowest BCUT2D eigenvalue weighted by Gasteiger charge is -2.31. The van der Waals surface area contributed by atoms with Gasteiger partial charge in [0.1, 0.15) is 5.82 Å². The lowest BCUT2D eigenvalue weighted by atomic mass is 9.95. The van der Waals surface area contributed by atoms with Crippen LogP contribution in [0.2, 0.25) is 5.02 Å². The van der Waals surface area contributed by atoms with E-state index in [9.17, 15) is 14.0 Å². The third-order valence-corrected chi connectivity index (χ3v) is 4.85. The number of carbonyl (C=O) groups is 2. The average molecular weight is 375 g/mol. The van der Waals surface area contributed by atoms with Gasteiger partial charge in [-0.1, -0.05) is 35.9 Å². The van der Waals surface area contributed by atoms with Crippen molar-refractivity contribution < 1.29 is 14.0 Å². The Kier molecular flexibility index (Phi) is 5.89. The molecule has 1 saturated heterocycles. The molecule has 0 aromatic heterocycles. The minimum atomic E-state index is -0.364. The number of halogens is 2. The SMILES string of the molecule is O=C(Nc1cccc(Cl)c1)C1CCN(C(=O)Cc2ccccc2F)CC1. The zero-order chi connectivity index (χ0) is 18.5. The molecule has 1 aliphatic rings. The molecular weight excluding hydrogens is 355 g/mol. The predicted octanol–water partition coefficient (Wildman–Crippen LogP) is 3.90. The number of rotatable bonds is 4. The number of amides is 2. The molecule has 1 heterocycles. The number of nitrogens with one attached hydrogen (secondary N) is 1. The highest BCUT2D eigenvalue weighted by Gasteiger charge is 2.27. The standard InChI is InChI=1S/C20H20ClFN2O2/c21-16-5-3-6-17(13-16)23-20(26)14-8-10-24(11-9-14)19(25)12-15-4-1-2-7-18(15)22/h1-7,13-14H,8-12H2,(H,23,26). The molecule has 0 aliphatic carbocycles. The Morgan fingerprint density at radius 1 is 1.12 bits per heavy atom. The van der Waals surface area contributed by atoms with Gasteiger partial charge in [-0.25, -0.2) is 4.39 Å². The van der Waals surface area contributed by atoms with Crippen molar-refractivity contribution >= 4 is 29.1 Å². The Morgan fingerprint density at radius 2 is 1.85 bits per heavy atom. The van der Waals surface area contributed by atoms with E-state index in [1.165, 1.54) is 6.07 Å². The number of benzene rings is 2. The van der Waals surface area contributed by atoms with E-state index in [0.29, 0.717) is 42.2 Å². The molecule has 1 N–H and O–H groups in total. The van der Waals surface area contributed by atoms with Crippen LogP contribution in [0.3, 0.4) is 0 Å². The fraction of sp³-hybridized carbons (Fsp3) is 0.300. The van der Waals surface area contributed by atoms with Crippen LogP contribution in [0, 0.1) is 11.7 Å². The van der Waals surface area contributed by atoms with Crippen LogP contribution in [0.5, 0.6) is 0 Å². The number of hydrogen-bond donors (Lipinski definition) is 1. The maximum atomic E-state index is 13.7. The summed E-state index contributed by atoms with van der Waals surface area (Å²) in [6.07, 6.45) is 1.23. The van der Waals surface area contributed by atoms with Crippen LogP contribution in [0.15, 0.2) is 48.5 Å². The van der Waals surface area contributed by atoms with E-state index in [1.807, 2.05) is 0 Å². The molecule has 26 heavy (non-hydrogen) atoms. The van der Waals surface area contributed by atoms with Gasteiger partial charge in [-0.05, 0) is 42.7 Å². The molecule has 4 nitrogen and oxygen atoms in total. The van der Waals surface area contributed by atoms with Gasteiger partial charge in [0, 0.05) is 29.7 Å². The van der Waals surface area contributed by atoms with Crippen LogP contribution < -0.4 is 5.32 Å². The Bertz CT molecular complexity index is 804. The summed E-state index contributed by atoms with van der Waals surface area (Å²) in [5.41, 5.74) is 1.07. The molecule has 0 bridgehead atoms. The summed E-state index contributed by atoms with van der Waals surface area (Å²) in [7, 11) is 0. The lowest BCUT2D eigenvalue weighted by molar-refractivity contribution is -0.133. The highest BCUT2D eigenvalue weighted by atomic mass is 35.5. The van der Waals surface area contributed by atoms with E-state index in [0.717, 1.165) is 0 Å². The molecule has 2 aromatic carbocycles. The minimum Gasteiger partial charge on any atom is -0.342 e. The van der Waals surface area contributed by atoms with E-state index < -0.39 is 0 Å². The Balaban J connectivity index is 1.51.